The van der Waals surface area contributed by atoms with Crippen molar-refractivity contribution in [2.45, 2.75) is 0 Å². The van der Waals surface area contributed by atoms with Crippen molar-refractivity contribution in [1.82, 2.24) is 0 Å². The van der Waals surface area contributed by atoms with Gasteiger partial charge < -0.3 is 0 Å². The molecule has 0 unspecified atom stereocenters. The van der Waals surface area contributed by atoms with Gasteiger partial charge in [0.2, 0.25) is 0 Å². The Morgan fingerprint density at radius 3 is 1.31 bits per heavy atom. The van der Waals surface area contributed by atoms with Crippen LogP contribution in [0, 0.1) is 86.0 Å². The molecule has 214 valence electrons. The van der Waals surface area contributed by atoms with Crippen molar-refractivity contribution in [2.24, 2.45) is 0 Å². The molecule has 0 aromatic heterocycles. The van der Waals surface area contributed by atoms with Gasteiger partial charge >= 0.3 is 0 Å². The summed E-state index contributed by atoms with van der Waals surface area (Å²) in [6.07, 6.45) is 0. The standard InChI is InChI=1S/C34H9F7N4/c35-26-4-1-14-17-7-18(15-2-5-27(36)23(11-43)32(15)39)19(16-3-6-28(37)24(12-44)33(16)40)8-20(17)31-21(30(14)22(26)10-42)9-29(38)25(13-45)34(31)41/h1-9H. The Morgan fingerprint density at radius 1 is 0.356 bits per heavy atom. The average Bonchev–Trinajstić information content (AvgIpc) is 3.01. The minimum absolute atomic E-state index is 0.0209. The van der Waals surface area contributed by atoms with Gasteiger partial charge in [-0.15, -0.1) is 0 Å². The van der Waals surface area contributed by atoms with Gasteiger partial charge in [0.05, 0.1) is 5.56 Å². The SMILES string of the molecule is N#Cc1c(F)ccc(-c2cc3c(cc2-c2ccc(F)c(C#N)c2F)c2c(F)c(C#N)c(F)cc2c2c(C#N)c(F)ccc32)c1F. The Balaban J connectivity index is 1.95. The van der Waals surface area contributed by atoms with E-state index < -0.39 is 79.5 Å². The Labute approximate surface area is 248 Å². The summed E-state index contributed by atoms with van der Waals surface area (Å²) >= 11 is 0. The third-order valence-corrected chi connectivity index (χ3v) is 7.57. The van der Waals surface area contributed by atoms with Gasteiger partial charge in [-0.05, 0) is 81.2 Å². The molecule has 0 aliphatic carbocycles. The Hall–Kier alpha value is -6.43. The highest BCUT2D eigenvalue weighted by Gasteiger charge is 2.26. The van der Waals surface area contributed by atoms with Crippen LogP contribution in [0.5, 0.6) is 0 Å². The molecule has 6 aromatic carbocycles. The molecule has 0 saturated heterocycles. The fourth-order valence-corrected chi connectivity index (χ4v) is 5.57. The van der Waals surface area contributed by atoms with E-state index >= 15 is 13.2 Å². The van der Waals surface area contributed by atoms with Crippen molar-refractivity contribution < 1.29 is 30.7 Å². The summed E-state index contributed by atoms with van der Waals surface area (Å²) in [5.74, 6) is -8.92. The summed E-state index contributed by atoms with van der Waals surface area (Å²) in [5.41, 5.74) is -5.11. The fourth-order valence-electron chi connectivity index (χ4n) is 5.57. The number of hydrogen-bond acceptors (Lipinski definition) is 4. The molecule has 0 atom stereocenters. The van der Waals surface area contributed by atoms with Crippen LogP contribution in [0.1, 0.15) is 22.3 Å². The maximum atomic E-state index is 16.0. The van der Waals surface area contributed by atoms with E-state index in [1.165, 1.54) is 30.3 Å². The summed E-state index contributed by atoms with van der Waals surface area (Å²) in [5, 5.41) is 36.9. The Morgan fingerprint density at radius 2 is 0.800 bits per heavy atom. The molecule has 0 fully saturated rings. The second-order valence-electron chi connectivity index (χ2n) is 9.77. The maximum absolute atomic E-state index is 16.0. The van der Waals surface area contributed by atoms with Crippen LogP contribution in [0.25, 0.3) is 54.6 Å². The molecule has 0 N–H and O–H groups in total. The lowest BCUT2D eigenvalue weighted by atomic mass is 9.85. The Bertz CT molecular complexity index is 2510. The number of nitriles is 4. The summed E-state index contributed by atoms with van der Waals surface area (Å²) in [6, 6.07) is 14.4. The summed E-state index contributed by atoms with van der Waals surface area (Å²) in [7, 11) is 0. The molecule has 0 bridgehead atoms. The molecule has 6 aromatic rings. The van der Waals surface area contributed by atoms with Crippen LogP contribution < -0.4 is 0 Å². The van der Waals surface area contributed by atoms with Gasteiger partial charge in [-0.2, -0.15) is 21.0 Å². The van der Waals surface area contributed by atoms with Crippen molar-refractivity contribution in [3.63, 3.8) is 0 Å². The third kappa shape index (κ3) is 4.03. The quantitative estimate of drug-likeness (QED) is 0.145. The molecule has 4 nitrogen and oxygen atoms in total. The van der Waals surface area contributed by atoms with Crippen molar-refractivity contribution in [3.8, 4) is 46.5 Å². The highest BCUT2D eigenvalue weighted by molar-refractivity contribution is 6.28. The van der Waals surface area contributed by atoms with E-state index in [2.05, 4.69) is 0 Å². The number of hydrogen-bond donors (Lipinski definition) is 0. The van der Waals surface area contributed by atoms with Crippen LogP contribution in [0.3, 0.4) is 0 Å². The first-order valence-corrected chi connectivity index (χ1v) is 12.7. The van der Waals surface area contributed by atoms with Crippen molar-refractivity contribution in [1.29, 1.82) is 21.0 Å². The van der Waals surface area contributed by atoms with E-state index in [1.807, 2.05) is 0 Å². The molecular weight excluding hydrogens is 597 g/mol. The first-order chi connectivity index (χ1) is 21.6. The number of rotatable bonds is 2. The first-order valence-electron chi connectivity index (χ1n) is 12.7. The molecule has 0 heterocycles. The van der Waals surface area contributed by atoms with Crippen LogP contribution in [-0.4, -0.2) is 0 Å². The highest BCUT2D eigenvalue weighted by atomic mass is 19.2. The van der Waals surface area contributed by atoms with E-state index in [4.69, 9.17) is 0 Å². The fraction of sp³-hybridized carbons (Fsp3) is 0. The van der Waals surface area contributed by atoms with Gasteiger partial charge in [-0.25, -0.2) is 30.7 Å². The smallest absolute Gasteiger partial charge is 0.152 e. The zero-order valence-corrected chi connectivity index (χ0v) is 22.1. The normalized spacial score (nSPS) is 10.9. The number of fused-ring (bicyclic) bond motifs is 6. The van der Waals surface area contributed by atoms with Gasteiger partial charge in [0.25, 0.3) is 0 Å². The van der Waals surface area contributed by atoms with Gasteiger partial charge in [0.1, 0.15) is 64.2 Å². The number of nitrogens with zero attached hydrogens (tertiary/aromatic N) is 4. The van der Waals surface area contributed by atoms with Crippen molar-refractivity contribution >= 4 is 32.3 Å². The zero-order chi connectivity index (χ0) is 32.3. The molecular formula is C34H9F7N4. The highest BCUT2D eigenvalue weighted by Crippen LogP contribution is 2.46. The summed E-state index contributed by atoms with van der Waals surface area (Å²) in [4.78, 5) is 0. The topological polar surface area (TPSA) is 95.2 Å². The van der Waals surface area contributed by atoms with E-state index in [-0.39, 0.29) is 38.1 Å². The first kappa shape index (κ1) is 28.7. The minimum Gasteiger partial charge on any atom is -0.206 e. The van der Waals surface area contributed by atoms with Crippen LogP contribution in [0.15, 0.2) is 54.6 Å². The molecule has 0 aliphatic heterocycles. The van der Waals surface area contributed by atoms with E-state index in [9.17, 15) is 38.6 Å². The summed E-state index contributed by atoms with van der Waals surface area (Å²) in [6.45, 7) is 0. The van der Waals surface area contributed by atoms with Crippen molar-refractivity contribution in [2.75, 3.05) is 0 Å². The average molecular weight is 606 g/mol. The second-order valence-corrected chi connectivity index (χ2v) is 9.77. The van der Waals surface area contributed by atoms with E-state index in [0.717, 1.165) is 42.5 Å². The lowest BCUT2D eigenvalue weighted by Gasteiger charge is -2.19. The third-order valence-electron chi connectivity index (χ3n) is 7.57. The minimum atomic E-state index is -1.40. The van der Waals surface area contributed by atoms with Gasteiger partial charge in [-0.1, -0.05) is 6.07 Å². The van der Waals surface area contributed by atoms with Crippen LogP contribution in [-0.2, 0) is 0 Å². The van der Waals surface area contributed by atoms with Crippen LogP contribution in [0.2, 0.25) is 0 Å². The maximum Gasteiger partial charge on any atom is 0.152 e. The van der Waals surface area contributed by atoms with E-state index in [0.29, 0.717) is 0 Å². The largest absolute Gasteiger partial charge is 0.206 e. The molecule has 11 heteroatoms. The molecule has 0 saturated carbocycles. The predicted octanol–water partition coefficient (Wildman–Crippen LogP) is 8.94. The lowest BCUT2D eigenvalue weighted by Crippen LogP contribution is -2.00. The van der Waals surface area contributed by atoms with E-state index in [1.54, 1.807) is 6.07 Å². The molecule has 45 heavy (non-hydrogen) atoms. The van der Waals surface area contributed by atoms with Crippen LogP contribution >= 0.6 is 0 Å². The number of halogens is 7. The van der Waals surface area contributed by atoms with Gasteiger partial charge in [-0.3, -0.25) is 0 Å². The van der Waals surface area contributed by atoms with Gasteiger partial charge in [0, 0.05) is 21.9 Å². The second kappa shape index (κ2) is 10.4. The molecule has 0 amide bonds. The monoisotopic (exact) mass is 606 g/mol. The van der Waals surface area contributed by atoms with Crippen molar-refractivity contribution in [3.05, 3.63) is 118 Å². The molecule has 0 spiro atoms. The molecule has 6 rings (SSSR count). The lowest BCUT2D eigenvalue weighted by molar-refractivity contribution is 0.577. The number of benzene rings is 6. The summed E-state index contributed by atoms with van der Waals surface area (Å²) < 4.78 is 106. The zero-order valence-electron chi connectivity index (χ0n) is 22.1. The molecule has 0 aliphatic rings. The van der Waals surface area contributed by atoms with Gasteiger partial charge in [0.15, 0.2) is 17.5 Å². The molecule has 0 radical (unpaired) electrons. The predicted molar refractivity (Wildman–Crippen MR) is 148 cm³/mol. The van der Waals surface area contributed by atoms with Crippen LogP contribution in [0.4, 0.5) is 30.7 Å². The Kier molecular flexibility index (Phi) is 6.62.